The maximum atomic E-state index is 9.45. The molecule has 0 aliphatic carbocycles. The average Bonchev–Trinajstić information content (AvgIpc) is 2.16. The number of hydrogen-bond donors (Lipinski definition) is 0. The first-order chi connectivity index (χ1) is 6.81. The third-order valence-electron chi connectivity index (χ3n) is 2.06. The average molecular weight is 202 g/mol. The molecule has 14 heavy (non-hydrogen) atoms. The lowest BCUT2D eigenvalue weighted by atomic mass is 10.1. The topological polar surface area (TPSA) is 35.5 Å². The first kappa shape index (κ1) is 13.3. The van der Waals surface area contributed by atoms with Crippen molar-refractivity contribution >= 4 is 6.16 Å². The van der Waals surface area contributed by atoms with Gasteiger partial charge in [-0.3, -0.25) is 0 Å². The summed E-state index contributed by atoms with van der Waals surface area (Å²) < 4.78 is 8.14. The Labute approximate surface area is 86.8 Å². The molecule has 3 heteroatoms. The lowest BCUT2D eigenvalue weighted by molar-refractivity contribution is -0.102. The van der Waals surface area contributed by atoms with Crippen LogP contribution < -0.4 is 0 Å². The quantitative estimate of drug-likeness (QED) is 0.484. The van der Waals surface area contributed by atoms with Gasteiger partial charge in [-0.1, -0.05) is 58.8 Å². The zero-order valence-corrected chi connectivity index (χ0v) is 9.38. The summed E-state index contributed by atoms with van der Waals surface area (Å²) in [6, 6.07) is 0. The molecular weight excluding hydrogens is 180 g/mol. The monoisotopic (exact) mass is 202 g/mol. The largest absolute Gasteiger partial charge is 0.514 e. The molecule has 0 aromatic rings. The molecule has 1 aliphatic heterocycles. The van der Waals surface area contributed by atoms with Crippen LogP contribution in [0.1, 0.15) is 58.8 Å². The van der Waals surface area contributed by atoms with Crippen molar-refractivity contribution in [2.75, 3.05) is 6.79 Å². The summed E-state index contributed by atoms with van der Waals surface area (Å²) >= 11 is 0. The van der Waals surface area contributed by atoms with E-state index in [0.717, 1.165) is 0 Å². The molecule has 0 radical (unpaired) electrons. The molecule has 1 aliphatic rings. The molecule has 0 amide bonds. The highest BCUT2D eigenvalue weighted by molar-refractivity contribution is 5.62. The summed E-state index contributed by atoms with van der Waals surface area (Å²) in [4.78, 5) is 9.45. The minimum atomic E-state index is -0.565. The lowest BCUT2D eigenvalue weighted by Crippen LogP contribution is -2.21. The minimum Gasteiger partial charge on any atom is -0.396 e. The molecule has 1 fully saturated rings. The molecule has 1 saturated heterocycles. The molecule has 84 valence electrons. The third-order valence-corrected chi connectivity index (χ3v) is 2.06. The highest BCUT2D eigenvalue weighted by Gasteiger charge is 2.12. The third kappa shape index (κ3) is 9.36. The van der Waals surface area contributed by atoms with E-state index in [9.17, 15) is 4.79 Å². The van der Waals surface area contributed by atoms with Gasteiger partial charge in [-0.25, -0.2) is 4.79 Å². The summed E-state index contributed by atoms with van der Waals surface area (Å²) in [5.41, 5.74) is 0. The summed E-state index contributed by atoms with van der Waals surface area (Å²) in [6.45, 7) is 4.67. The minimum absolute atomic E-state index is 0.138. The van der Waals surface area contributed by atoms with Crippen LogP contribution in [-0.2, 0) is 9.47 Å². The Morgan fingerprint density at radius 2 is 1.29 bits per heavy atom. The Morgan fingerprint density at radius 1 is 0.929 bits per heavy atom. The van der Waals surface area contributed by atoms with Crippen LogP contribution in [-0.4, -0.2) is 12.9 Å². The van der Waals surface area contributed by atoms with Crippen molar-refractivity contribution < 1.29 is 14.3 Å². The second-order valence-corrected chi connectivity index (χ2v) is 3.42. The zero-order valence-electron chi connectivity index (χ0n) is 9.38. The molecular formula is C11H22O3. The van der Waals surface area contributed by atoms with Gasteiger partial charge in [0, 0.05) is 0 Å². The maximum Gasteiger partial charge on any atom is 0.514 e. The first-order valence-corrected chi connectivity index (χ1v) is 5.60. The molecule has 3 nitrogen and oxygen atoms in total. The van der Waals surface area contributed by atoms with Crippen LogP contribution in [0, 0.1) is 0 Å². The number of carbonyl (C=O) groups excluding carboxylic acids is 1. The number of rotatable bonds is 6. The predicted molar refractivity (Wildman–Crippen MR) is 56.1 cm³/mol. The number of cyclic esters (lactones) is 2. The van der Waals surface area contributed by atoms with Gasteiger partial charge in [0.2, 0.25) is 6.79 Å². The zero-order chi connectivity index (χ0) is 10.6. The van der Waals surface area contributed by atoms with Crippen LogP contribution in [0.15, 0.2) is 0 Å². The van der Waals surface area contributed by atoms with Gasteiger partial charge < -0.3 is 9.47 Å². The number of hydrogen-bond acceptors (Lipinski definition) is 3. The van der Waals surface area contributed by atoms with Crippen molar-refractivity contribution in [2.24, 2.45) is 0 Å². The van der Waals surface area contributed by atoms with Crippen LogP contribution in [0.3, 0.4) is 0 Å². The molecule has 0 aromatic heterocycles. The van der Waals surface area contributed by atoms with Crippen molar-refractivity contribution in [1.29, 1.82) is 0 Å². The van der Waals surface area contributed by atoms with Crippen LogP contribution >= 0.6 is 0 Å². The number of carbonyl (C=O) groups is 1. The Bertz CT molecular complexity index is 122. The summed E-state index contributed by atoms with van der Waals surface area (Å²) in [7, 11) is 0. The predicted octanol–water partition coefficient (Wildman–Crippen LogP) is 3.87. The van der Waals surface area contributed by atoms with Gasteiger partial charge in [0.1, 0.15) is 0 Å². The van der Waals surface area contributed by atoms with E-state index < -0.39 is 6.16 Å². The van der Waals surface area contributed by atoms with Crippen LogP contribution in [0.5, 0.6) is 0 Å². The van der Waals surface area contributed by atoms with Crippen molar-refractivity contribution in [2.45, 2.75) is 58.8 Å². The normalized spacial score (nSPS) is 13.1. The van der Waals surface area contributed by atoms with Gasteiger partial charge in [0.25, 0.3) is 0 Å². The summed E-state index contributed by atoms with van der Waals surface area (Å²) in [5.74, 6) is 0. The molecule has 0 bridgehead atoms. The van der Waals surface area contributed by atoms with Crippen molar-refractivity contribution in [3.05, 3.63) is 0 Å². The second kappa shape index (κ2) is 10.4. The highest BCUT2D eigenvalue weighted by Crippen LogP contribution is 2.05. The van der Waals surface area contributed by atoms with E-state index >= 15 is 0 Å². The van der Waals surface area contributed by atoms with E-state index in [4.69, 9.17) is 0 Å². The van der Waals surface area contributed by atoms with Gasteiger partial charge in [-0.15, -0.1) is 0 Å². The fraction of sp³-hybridized carbons (Fsp3) is 0.909. The molecule has 0 atom stereocenters. The molecule has 0 N–H and O–H groups in total. The standard InChI is InChI=1S/C9H20.C2H2O3/c1-3-5-7-9-8-6-4-2;3-2-4-1-5-2/h3-9H2,1-2H3;1H2. The summed E-state index contributed by atoms with van der Waals surface area (Å²) in [5, 5.41) is 0. The van der Waals surface area contributed by atoms with Gasteiger partial charge in [0.15, 0.2) is 0 Å². The molecule has 0 spiro atoms. The van der Waals surface area contributed by atoms with Crippen molar-refractivity contribution in [3.63, 3.8) is 0 Å². The van der Waals surface area contributed by atoms with E-state index in [1.165, 1.54) is 44.9 Å². The first-order valence-electron chi connectivity index (χ1n) is 5.60. The van der Waals surface area contributed by atoms with Gasteiger partial charge >= 0.3 is 6.16 Å². The molecule has 1 heterocycles. The van der Waals surface area contributed by atoms with Gasteiger partial charge in [-0.2, -0.15) is 0 Å². The SMILES string of the molecule is CCCCCCCCC.O=C1OCO1. The van der Waals surface area contributed by atoms with Crippen molar-refractivity contribution in [3.8, 4) is 0 Å². The van der Waals surface area contributed by atoms with E-state index in [1.54, 1.807) is 0 Å². The molecule has 0 saturated carbocycles. The Kier molecular flexibility index (Phi) is 9.81. The van der Waals surface area contributed by atoms with Crippen LogP contribution in [0.2, 0.25) is 0 Å². The van der Waals surface area contributed by atoms with E-state index in [1.807, 2.05) is 0 Å². The fourth-order valence-corrected chi connectivity index (χ4v) is 1.14. The number of ether oxygens (including phenoxy) is 2. The Morgan fingerprint density at radius 3 is 1.50 bits per heavy atom. The lowest BCUT2D eigenvalue weighted by Gasteiger charge is -2.10. The highest BCUT2D eigenvalue weighted by atomic mass is 16.9. The van der Waals surface area contributed by atoms with Gasteiger partial charge in [0.05, 0.1) is 0 Å². The van der Waals surface area contributed by atoms with Crippen molar-refractivity contribution in [1.82, 2.24) is 0 Å². The smallest absolute Gasteiger partial charge is 0.396 e. The molecule has 1 rings (SSSR count). The fourth-order valence-electron chi connectivity index (χ4n) is 1.14. The van der Waals surface area contributed by atoms with Crippen LogP contribution in [0.4, 0.5) is 4.79 Å². The Hall–Kier alpha value is -0.730. The number of unbranched alkanes of at least 4 members (excludes halogenated alkanes) is 6. The molecule has 0 unspecified atom stereocenters. The molecule has 0 aromatic carbocycles. The van der Waals surface area contributed by atoms with E-state index in [2.05, 4.69) is 23.3 Å². The Balaban J connectivity index is 0.000000280. The van der Waals surface area contributed by atoms with E-state index in [0.29, 0.717) is 0 Å². The van der Waals surface area contributed by atoms with Crippen LogP contribution in [0.25, 0.3) is 0 Å². The summed E-state index contributed by atoms with van der Waals surface area (Å²) in [6.07, 6.45) is 9.41. The van der Waals surface area contributed by atoms with Gasteiger partial charge in [-0.05, 0) is 0 Å². The maximum absolute atomic E-state index is 9.45. The second-order valence-electron chi connectivity index (χ2n) is 3.42. The van der Waals surface area contributed by atoms with E-state index in [-0.39, 0.29) is 6.79 Å².